The van der Waals surface area contributed by atoms with E-state index in [1.165, 1.54) is 12.1 Å². The van der Waals surface area contributed by atoms with E-state index in [0.717, 1.165) is 23.8 Å². The van der Waals surface area contributed by atoms with Crippen LogP contribution in [0.15, 0.2) is 42.5 Å². The Morgan fingerprint density at radius 2 is 1.72 bits per heavy atom. The fourth-order valence-corrected chi connectivity index (χ4v) is 2.67. The number of methoxy groups -OCH3 is 1. The summed E-state index contributed by atoms with van der Waals surface area (Å²) in [5, 5.41) is 0. The molecular formula is C26H28O6. The van der Waals surface area contributed by atoms with Crippen molar-refractivity contribution < 1.29 is 28.6 Å². The Morgan fingerprint density at radius 3 is 2.34 bits per heavy atom. The molecule has 32 heavy (non-hydrogen) atoms. The number of ether oxygens (including phenoxy) is 3. The molecule has 0 spiro atoms. The van der Waals surface area contributed by atoms with Crippen molar-refractivity contribution in [3.63, 3.8) is 0 Å². The molecule has 0 aromatic heterocycles. The predicted molar refractivity (Wildman–Crippen MR) is 120 cm³/mol. The third-order valence-corrected chi connectivity index (χ3v) is 5.17. The lowest BCUT2D eigenvalue weighted by molar-refractivity contribution is -0.155. The minimum Gasteiger partial charge on any atom is -0.481 e. The quantitative estimate of drug-likeness (QED) is 0.266. The highest BCUT2D eigenvalue weighted by molar-refractivity contribution is 6.40. The maximum atomic E-state index is 12.3. The van der Waals surface area contributed by atoms with Crippen LogP contribution in [0.2, 0.25) is 0 Å². The molecule has 0 aliphatic carbocycles. The summed E-state index contributed by atoms with van der Waals surface area (Å²) in [5.41, 5.74) is 2.31. The Kier molecular flexibility index (Phi) is 8.60. The molecule has 0 heterocycles. The van der Waals surface area contributed by atoms with Gasteiger partial charge in [-0.05, 0) is 57.0 Å². The number of hydrogen-bond acceptors (Lipinski definition) is 6. The molecule has 0 saturated carbocycles. The van der Waals surface area contributed by atoms with Gasteiger partial charge in [-0.25, -0.2) is 4.79 Å². The van der Waals surface area contributed by atoms with Gasteiger partial charge < -0.3 is 14.2 Å². The molecule has 2 aromatic rings. The van der Waals surface area contributed by atoms with Gasteiger partial charge in [0, 0.05) is 16.7 Å². The van der Waals surface area contributed by atoms with Crippen LogP contribution in [0.25, 0.3) is 0 Å². The van der Waals surface area contributed by atoms with Crippen LogP contribution < -0.4 is 4.74 Å². The van der Waals surface area contributed by atoms with E-state index in [1.54, 1.807) is 12.1 Å². The second kappa shape index (κ2) is 11.1. The van der Waals surface area contributed by atoms with Crippen molar-refractivity contribution in [3.05, 3.63) is 64.7 Å². The molecule has 0 atom stereocenters. The van der Waals surface area contributed by atoms with Gasteiger partial charge in [0.1, 0.15) is 19.0 Å². The first-order chi connectivity index (χ1) is 15.2. The van der Waals surface area contributed by atoms with Crippen molar-refractivity contribution in [1.29, 1.82) is 0 Å². The van der Waals surface area contributed by atoms with Crippen molar-refractivity contribution in [2.45, 2.75) is 40.7 Å². The summed E-state index contributed by atoms with van der Waals surface area (Å²) >= 11 is 0. The maximum Gasteiger partial charge on any atom is 0.379 e. The lowest BCUT2D eigenvalue weighted by Crippen LogP contribution is -2.25. The van der Waals surface area contributed by atoms with Crippen molar-refractivity contribution in [1.82, 2.24) is 0 Å². The van der Waals surface area contributed by atoms with Gasteiger partial charge in [-0.1, -0.05) is 37.0 Å². The molecule has 6 nitrogen and oxygen atoms in total. The largest absolute Gasteiger partial charge is 0.481 e. The van der Waals surface area contributed by atoms with Crippen LogP contribution in [0.5, 0.6) is 5.75 Å². The number of benzene rings is 2. The minimum atomic E-state index is -0.914. The van der Waals surface area contributed by atoms with E-state index in [2.05, 4.69) is 16.6 Å². The molecule has 0 N–H and O–H groups in total. The predicted octanol–water partition coefficient (Wildman–Crippen LogP) is 4.26. The topological polar surface area (TPSA) is 78.9 Å². The molecule has 0 aliphatic heterocycles. The highest BCUT2D eigenvalue weighted by Gasteiger charge is 2.27. The first-order valence-corrected chi connectivity index (χ1v) is 10.3. The SMILES string of the molecule is CCC(C)(C)C(=O)OCc1cccc(C)c1C#CCOc1ccc(C(=O)C(=O)OC)cc1. The number of aryl methyl sites for hydroxylation is 1. The van der Waals surface area contributed by atoms with Gasteiger partial charge in [0.15, 0.2) is 0 Å². The number of esters is 2. The van der Waals surface area contributed by atoms with Gasteiger partial charge in [-0.3, -0.25) is 9.59 Å². The van der Waals surface area contributed by atoms with Crippen LogP contribution in [0.3, 0.4) is 0 Å². The van der Waals surface area contributed by atoms with Gasteiger partial charge >= 0.3 is 11.9 Å². The fraction of sp³-hybridized carbons (Fsp3) is 0.346. The summed E-state index contributed by atoms with van der Waals surface area (Å²) in [7, 11) is 1.16. The van der Waals surface area contributed by atoms with E-state index in [0.29, 0.717) is 12.2 Å². The van der Waals surface area contributed by atoms with E-state index < -0.39 is 17.2 Å². The van der Waals surface area contributed by atoms with Gasteiger partial charge in [-0.15, -0.1) is 0 Å². The van der Waals surface area contributed by atoms with Crippen molar-refractivity contribution in [2.75, 3.05) is 13.7 Å². The molecule has 6 heteroatoms. The molecule has 0 aliphatic rings. The van der Waals surface area contributed by atoms with E-state index in [-0.39, 0.29) is 24.7 Å². The van der Waals surface area contributed by atoms with Gasteiger partial charge in [-0.2, -0.15) is 0 Å². The number of Topliss-reactive ketones (excluding diaryl/α,β-unsaturated/α-hetero) is 1. The number of carbonyl (C=O) groups excluding carboxylic acids is 3. The molecule has 2 rings (SSSR count). The zero-order chi connectivity index (χ0) is 23.7. The van der Waals surface area contributed by atoms with Crippen molar-refractivity contribution in [2.24, 2.45) is 5.41 Å². The summed E-state index contributed by atoms with van der Waals surface area (Å²) in [5.74, 6) is 4.72. The Balaban J connectivity index is 2.02. The van der Waals surface area contributed by atoms with Crippen LogP contribution in [0, 0.1) is 24.2 Å². The second-order valence-corrected chi connectivity index (χ2v) is 7.86. The zero-order valence-corrected chi connectivity index (χ0v) is 19.1. The minimum absolute atomic E-state index is 0.126. The Hall–Kier alpha value is -3.59. The summed E-state index contributed by atoms with van der Waals surface area (Å²) in [6, 6.07) is 11.9. The molecule has 0 amide bonds. The molecule has 0 unspecified atom stereocenters. The molecule has 0 radical (unpaired) electrons. The summed E-state index contributed by atoms with van der Waals surface area (Å²) < 4.78 is 15.5. The monoisotopic (exact) mass is 436 g/mol. The first-order valence-electron chi connectivity index (χ1n) is 10.3. The van der Waals surface area contributed by atoms with Crippen LogP contribution in [0.1, 0.15) is 54.2 Å². The Morgan fingerprint density at radius 1 is 1.03 bits per heavy atom. The molecule has 0 saturated heterocycles. The Bertz CT molecular complexity index is 1040. The number of rotatable bonds is 8. The summed E-state index contributed by atoms with van der Waals surface area (Å²) in [4.78, 5) is 35.3. The van der Waals surface area contributed by atoms with Gasteiger partial charge in [0.25, 0.3) is 5.78 Å². The van der Waals surface area contributed by atoms with Gasteiger partial charge in [0.2, 0.25) is 0 Å². The lowest BCUT2D eigenvalue weighted by atomic mass is 9.91. The van der Waals surface area contributed by atoms with E-state index in [4.69, 9.17) is 9.47 Å². The highest BCUT2D eigenvalue weighted by Crippen LogP contribution is 2.23. The zero-order valence-electron chi connectivity index (χ0n) is 19.1. The third kappa shape index (κ3) is 6.45. The third-order valence-electron chi connectivity index (χ3n) is 5.17. The van der Waals surface area contributed by atoms with Crippen LogP contribution in [0.4, 0.5) is 0 Å². The average Bonchev–Trinajstić information content (AvgIpc) is 2.80. The summed E-state index contributed by atoms with van der Waals surface area (Å²) in [6.45, 7) is 7.91. The first kappa shape index (κ1) is 24.7. The van der Waals surface area contributed by atoms with Crippen molar-refractivity contribution >= 4 is 17.7 Å². The van der Waals surface area contributed by atoms with Crippen molar-refractivity contribution in [3.8, 4) is 17.6 Å². The molecule has 0 fully saturated rings. The van der Waals surface area contributed by atoms with E-state index in [1.807, 2.05) is 45.9 Å². The molecule has 2 aromatic carbocycles. The molecule has 0 bridgehead atoms. The maximum absolute atomic E-state index is 12.3. The highest BCUT2D eigenvalue weighted by atomic mass is 16.5. The fourth-order valence-electron chi connectivity index (χ4n) is 2.67. The number of carbonyl (C=O) groups is 3. The Labute approximate surface area is 188 Å². The van der Waals surface area contributed by atoms with E-state index >= 15 is 0 Å². The molecular weight excluding hydrogens is 408 g/mol. The van der Waals surface area contributed by atoms with E-state index in [9.17, 15) is 14.4 Å². The number of hydrogen-bond donors (Lipinski definition) is 0. The van der Waals surface area contributed by atoms with Crippen LogP contribution in [-0.2, 0) is 25.7 Å². The number of ketones is 1. The standard InChI is InChI=1S/C26H28O6/c1-6-26(3,4)25(29)32-17-20-10-7-9-18(2)22(20)11-8-16-31-21-14-12-19(13-15-21)23(27)24(28)30-5/h7,9-10,12-15H,6,16-17H2,1-5H3. The van der Waals surface area contributed by atoms with Crippen LogP contribution >= 0.6 is 0 Å². The van der Waals surface area contributed by atoms with Crippen LogP contribution in [-0.4, -0.2) is 31.4 Å². The normalized spacial score (nSPS) is 10.5. The second-order valence-electron chi connectivity index (χ2n) is 7.86. The molecule has 168 valence electrons. The smallest absolute Gasteiger partial charge is 0.379 e. The van der Waals surface area contributed by atoms with Gasteiger partial charge in [0.05, 0.1) is 12.5 Å². The lowest BCUT2D eigenvalue weighted by Gasteiger charge is -2.20. The summed E-state index contributed by atoms with van der Waals surface area (Å²) in [6.07, 6.45) is 0.696. The average molecular weight is 437 g/mol.